The van der Waals surface area contributed by atoms with Crippen molar-refractivity contribution in [3.05, 3.63) is 76.5 Å². The number of benzene rings is 1. The van der Waals surface area contributed by atoms with Crippen molar-refractivity contribution >= 4 is 29.8 Å². The average molecular weight is 493 g/mol. The molecule has 188 valence electrons. The third-order valence-corrected chi connectivity index (χ3v) is 5.87. The van der Waals surface area contributed by atoms with Gasteiger partial charge >= 0.3 is 5.97 Å². The first-order chi connectivity index (χ1) is 17.5. The number of hydrogen-bond donors (Lipinski definition) is 3. The molecule has 8 nitrogen and oxygen atoms in total. The van der Waals surface area contributed by atoms with Crippen LogP contribution in [0.4, 0.5) is 10.2 Å². The van der Waals surface area contributed by atoms with Crippen LogP contribution in [-0.4, -0.2) is 42.1 Å². The number of carbonyl (C=O) groups is 2. The van der Waals surface area contributed by atoms with Crippen LogP contribution in [0.1, 0.15) is 58.7 Å². The quantitative estimate of drug-likeness (QED) is 0.380. The van der Waals surface area contributed by atoms with Gasteiger partial charge in [-0.25, -0.2) is 9.37 Å². The van der Waals surface area contributed by atoms with Gasteiger partial charge in [0, 0.05) is 12.7 Å². The normalized spacial score (nSPS) is 13.5. The number of amides is 1. The topological polar surface area (TPSA) is 105 Å². The summed E-state index contributed by atoms with van der Waals surface area (Å²) in [6.07, 6.45) is 7.43. The number of carbonyl (C=O) groups excluding carboxylic acids is 2. The van der Waals surface area contributed by atoms with Gasteiger partial charge in [-0.15, -0.1) is 0 Å². The van der Waals surface area contributed by atoms with E-state index in [9.17, 15) is 14.0 Å². The predicted molar refractivity (Wildman–Crippen MR) is 135 cm³/mol. The number of anilines is 1. The largest absolute Gasteiger partial charge is 0.494 e. The van der Waals surface area contributed by atoms with Crippen LogP contribution < -0.4 is 15.4 Å². The van der Waals surface area contributed by atoms with E-state index in [4.69, 9.17) is 9.47 Å². The number of halogens is 1. The number of ether oxygens (including phenoxy) is 2. The summed E-state index contributed by atoms with van der Waals surface area (Å²) in [5.41, 5.74) is 3.54. The summed E-state index contributed by atoms with van der Waals surface area (Å²) >= 11 is 0. The first-order valence-corrected chi connectivity index (χ1v) is 11.9. The summed E-state index contributed by atoms with van der Waals surface area (Å²) in [6.45, 7) is 2.82. The number of hydrogen-bond acceptors (Lipinski definition) is 6. The molecule has 0 spiro atoms. The predicted octanol–water partition coefficient (Wildman–Crippen LogP) is 4.51. The lowest BCUT2D eigenvalue weighted by Gasteiger charge is -2.19. The molecule has 0 fully saturated rings. The Morgan fingerprint density at radius 2 is 2.08 bits per heavy atom. The minimum absolute atomic E-state index is 0.0740. The van der Waals surface area contributed by atoms with Gasteiger partial charge in [-0.3, -0.25) is 9.59 Å². The van der Waals surface area contributed by atoms with E-state index in [1.165, 1.54) is 24.8 Å². The lowest BCUT2D eigenvalue weighted by molar-refractivity contribution is -0.143. The maximum atomic E-state index is 14.3. The molecule has 3 aromatic rings. The Kier molecular flexibility index (Phi) is 7.99. The molecule has 0 unspecified atom stereocenters. The molecule has 36 heavy (non-hydrogen) atoms. The van der Waals surface area contributed by atoms with Gasteiger partial charge < -0.3 is 25.1 Å². The molecule has 1 aliphatic rings. The van der Waals surface area contributed by atoms with Gasteiger partial charge in [0.15, 0.2) is 11.6 Å². The molecule has 9 heteroatoms. The van der Waals surface area contributed by atoms with Gasteiger partial charge in [0.1, 0.15) is 11.5 Å². The fraction of sp³-hybridized carbons (Fsp3) is 0.296. The van der Waals surface area contributed by atoms with E-state index >= 15 is 0 Å². The molecule has 1 aliphatic heterocycles. The van der Waals surface area contributed by atoms with Crippen molar-refractivity contribution in [1.29, 1.82) is 0 Å². The SMILES string of the molecule is CCOC(=O)C[C@H](NC(=O)c1cc(/C=C/c2ccc3c(n2)NCCC3)c[nH]1)c1ccc(OC)c(F)c1. The standard InChI is InChI=1S/C27H29FN4O4/c1-3-36-25(33)15-22(19-8-11-24(35-2)21(28)14-19)32-27(34)23-13-17(16-30-23)6-9-20-10-7-18-5-4-12-29-26(18)31-20/h6-11,13-14,16,22,30H,3-5,12,15H2,1-2H3,(H,29,31)(H,32,34)/b9-6+/t22-/m0/s1. The lowest BCUT2D eigenvalue weighted by atomic mass is 10.0. The number of nitrogens with zero attached hydrogens (tertiary/aromatic N) is 1. The van der Waals surface area contributed by atoms with Crippen molar-refractivity contribution in [2.24, 2.45) is 0 Å². The number of aryl methyl sites for hydroxylation is 1. The zero-order valence-electron chi connectivity index (χ0n) is 20.3. The van der Waals surface area contributed by atoms with E-state index in [0.29, 0.717) is 11.3 Å². The molecule has 4 rings (SSSR count). The van der Waals surface area contributed by atoms with Crippen LogP contribution in [0, 0.1) is 5.82 Å². The summed E-state index contributed by atoms with van der Waals surface area (Å²) in [4.78, 5) is 32.7. The summed E-state index contributed by atoms with van der Waals surface area (Å²) in [7, 11) is 1.37. The molecular formula is C27H29FN4O4. The van der Waals surface area contributed by atoms with Crippen LogP contribution in [0.2, 0.25) is 0 Å². The molecule has 1 amide bonds. The van der Waals surface area contributed by atoms with E-state index < -0.39 is 23.7 Å². The second-order valence-electron chi connectivity index (χ2n) is 8.38. The van der Waals surface area contributed by atoms with Crippen LogP contribution in [-0.2, 0) is 16.0 Å². The van der Waals surface area contributed by atoms with Crippen LogP contribution in [0.25, 0.3) is 12.2 Å². The molecule has 3 N–H and O–H groups in total. The molecule has 1 aromatic carbocycles. The fourth-order valence-corrected chi connectivity index (χ4v) is 4.03. The van der Waals surface area contributed by atoms with E-state index in [2.05, 4.69) is 26.7 Å². The Hall–Kier alpha value is -4.14. The number of fused-ring (bicyclic) bond motifs is 1. The number of rotatable bonds is 9. The Balaban J connectivity index is 1.47. The number of esters is 1. The van der Waals surface area contributed by atoms with Gasteiger partial charge in [0.2, 0.25) is 0 Å². The number of nitrogens with one attached hydrogen (secondary N) is 3. The highest BCUT2D eigenvalue weighted by Gasteiger charge is 2.22. The average Bonchev–Trinajstić information content (AvgIpc) is 3.36. The van der Waals surface area contributed by atoms with Crippen molar-refractivity contribution in [2.75, 3.05) is 25.6 Å². The number of aromatic amines is 1. The minimum atomic E-state index is -0.786. The summed E-state index contributed by atoms with van der Waals surface area (Å²) < 4.78 is 24.3. The Morgan fingerprint density at radius 3 is 2.86 bits per heavy atom. The highest BCUT2D eigenvalue weighted by Crippen LogP contribution is 2.25. The number of pyridine rings is 1. The van der Waals surface area contributed by atoms with Gasteiger partial charge in [0.25, 0.3) is 5.91 Å². The van der Waals surface area contributed by atoms with E-state index in [-0.39, 0.29) is 18.8 Å². The number of H-pyrrole nitrogens is 1. The molecule has 3 heterocycles. The first-order valence-electron chi connectivity index (χ1n) is 11.9. The Morgan fingerprint density at radius 1 is 1.22 bits per heavy atom. The molecule has 0 saturated heterocycles. The summed E-state index contributed by atoms with van der Waals surface area (Å²) in [5.74, 6) is -0.529. The maximum absolute atomic E-state index is 14.3. The maximum Gasteiger partial charge on any atom is 0.308 e. The Labute approximate surface area is 208 Å². The van der Waals surface area contributed by atoms with Crippen LogP contribution in [0.3, 0.4) is 0 Å². The number of aromatic nitrogens is 2. The number of methoxy groups -OCH3 is 1. The van der Waals surface area contributed by atoms with Gasteiger partial charge in [-0.1, -0.05) is 18.2 Å². The second-order valence-corrected chi connectivity index (χ2v) is 8.38. The third kappa shape index (κ3) is 6.10. The van der Waals surface area contributed by atoms with E-state index in [1.54, 1.807) is 25.3 Å². The van der Waals surface area contributed by atoms with Crippen molar-refractivity contribution in [1.82, 2.24) is 15.3 Å². The summed E-state index contributed by atoms with van der Waals surface area (Å²) in [5, 5.41) is 6.12. The van der Waals surface area contributed by atoms with Gasteiger partial charge in [0.05, 0.1) is 31.9 Å². The van der Waals surface area contributed by atoms with Crippen LogP contribution >= 0.6 is 0 Å². The van der Waals surface area contributed by atoms with Crippen LogP contribution in [0.15, 0.2) is 42.6 Å². The molecule has 0 bridgehead atoms. The van der Waals surface area contributed by atoms with Gasteiger partial charge in [-0.2, -0.15) is 0 Å². The molecule has 0 saturated carbocycles. The van der Waals surface area contributed by atoms with E-state index in [0.717, 1.165) is 36.5 Å². The zero-order chi connectivity index (χ0) is 25.5. The molecule has 1 atom stereocenters. The highest BCUT2D eigenvalue weighted by molar-refractivity contribution is 5.94. The lowest BCUT2D eigenvalue weighted by Crippen LogP contribution is -2.31. The van der Waals surface area contributed by atoms with Crippen molar-refractivity contribution < 1.29 is 23.5 Å². The third-order valence-electron chi connectivity index (χ3n) is 5.87. The fourth-order valence-electron chi connectivity index (χ4n) is 4.03. The molecular weight excluding hydrogens is 463 g/mol. The molecule has 0 radical (unpaired) electrons. The smallest absolute Gasteiger partial charge is 0.308 e. The minimum Gasteiger partial charge on any atom is -0.494 e. The van der Waals surface area contributed by atoms with E-state index in [1.807, 2.05) is 18.2 Å². The monoisotopic (exact) mass is 492 g/mol. The summed E-state index contributed by atoms with van der Waals surface area (Å²) in [6, 6.07) is 9.26. The van der Waals surface area contributed by atoms with Crippen molar-refractivity contribution in [3.8, 4) is 5.75 Å². The highest BCUT2D eigenvalue weighted by atomic mass is 19.1. The first kappa shape index (κ1) is 25.0. The van der Waals surface area contributed by atoms with Crippen molar-refractivity contribution in [3.63, 3.8) is 0 Å². The van der Waals surface area contributed by atoms with Crippen LogP contribution in [0.5, 0.6) is 5.75 Å². The van der Waals surface area contributed by atoms with Crippen molar-refractivity contribution in [2.45, 2.75) is 32.2 Å². The Bertz CT molecular complexity index is 1270. The zero-order valence-corrected chi connectivity index (χ0v) is 20.3. The molecule has 0 aliphatic carbocycles. The second kappa shape index (κ2) is 11.5. The molecule has 2 aromatic heterocycles. The van der Waals surface area contributed by atoms with Gasteiger partial charge in [-0.05, 0) is 66.8 Å².